The fraction of sp³-hybridized carbons (Fsp3) is 0.308. The van der Waals surface area contributed by atoms with E-state index in [-0.39, 0.29) is 6.61 Å². The van der Waals surface area contributed by atoms with E-state index in [9.17, 15) is 15.0 Å². The van der Waals surface area contributed by atoms with Gasteiger partial charge in [0.1, 0.15) is 18.8 Å². The van der Waals surface area contributed by atoms with Gasteiger partial charge in [-0.2, -0.15) is 0 Å². The molecule has 5 nitrogen and oxygen atoms in total. The highest BCUT2D eigenvalue weighted by Crippen LogP contribution is 2.13. The summed E-state index contributed by atoms with van der Waals surface area (Å²) in [5, 5.41) is 19.0. The van der Waals surface area contributed by atoms with Gasteiger partial charge in [0.2, 0.25) is 0 Å². The summed E-state index contributed by atoms with van der Waals surface area (Å²) in [6, 6.07) is 8.53. The second-order valence-electron chi connectivity index (χ2n) is 3.95. The third kappa shape index (κ3) is 2.88. The van der Waals surface area contributed by atoms with Crippen LogP contribution in [0.1, 0.15) is 10.4 Å². The Labute approximate surface area is 104 Å². The number of carbonyl (C=O) groups excluding carboxylic acids is 1. The number of benzene rings is 1. The van der Waals surface area contributed by atoms with Crippen LogP contribution in [0, 0.1) is 0 Å². The third-order valence-corrected chi connectivity index (χ3v) is 2.65. The Kier molecular flexibility index (Phi) is 3.96. The van der Waals surface area contributed by atoms with Crippen molar-refractivity contribution in [3.63, 3.8) is 0 Å². The van der Waals surface area contributed by atoms with E-state index in [1.165, 1.54) is 12.3 Å². The van der Waals surface area contributed by atoms with E-state index in [0.29, 0.717) is 5.56 Å². The maximum Gasteiger partial charge on any atom is 0.338 e. The van der Waals surface area contributed by atoms with E-state index in [4.69, 9.17) is 9.47 Å². The molecule has 2 rings (SSSR count). The largest absolute Gasteiger partial charge is 0.492 e. The lowest BCUT2D eigenvalue weighted by Gasteiger charge is -2.27. The average Bonchev–Trinajstić information content (AvgIpc) is 2.41. The van der Waals surface area contributed by atoms with Gasteiger partial charge in [0, 0.05) is 0 Å². The number of rotatable bonds is 3. The van der Waals surface area contributed by atoms with Crippen molar-refractivity contribution in [2.45, 2.75) is 18.3 Å². The number of aliphatic hydroxyl groups excluding tert-OH is 2. The molecule has 0 bridgehead atoms. The Hall–Kier alpha value is -1.85. The molecule has 2 N–H and O–H groups in total. The fourth-order valence-electron chi connectivity index (χ4n) is 1.59. The molecule has 0 radical (unpaired) electrons. The van der Waals surface area contributed by atoms with Crippen LogP contribution in [0.3, 0.4) is 0 Å². The molecule has 1 aromatic rings. The van der Waals surface area contributed by atoms with Gasteiger partial charge in [0.05, 0.1) is 11.8 Å². The lowest BCUT2D eigenvalue weighted by atomic mass is 10.1. The van der Waals surface area contributed by atoms with Crippen LogP contribution >= 0.6 is 0 Å². The van der Waals surface area contributed by atoms with E-state index in [0.717, 1.165) is 0 Å². The normalized spacial score (nSPS) is 26.4. The fourth-order valence-corrected chi connectivity index (χ4v) is 1.59. The zero-order valence-electron chi connectivity index (χ0n) is 9.60. The molecule has 0 amide bonds. The number of hydrogen-bond acceptors (Lipinski definition) is 5. The standard InChI is InChI=1S/C13H14O5/c14-10-6-7-17-11(12(10)15)8-18-13(16)9-4-2-1-3-5-9/h1-7,10-12,14-15H,8H2/t10-,11-,12-/m1/s1. The van der Waals surface area contributed by atoms with Gasteiger partial charge >= 0.3 is 5.97 Å². The first kappa shape index (κ1) is 12.6. The third-order valence-electron chi connectivity index (χ3n) is 2.65. The molecule has 96 valence electrons. The van der Waals surface area contributed by atoms with Crippen LogP contribution < -0.4 is 0 Å². The van der Waals surface area contributed by atoms with Crippen molar-refractivity contribution < 1.29 is 24.5 Å². The Bertz CT molecular complexity index is 428. The molecule has 3 atom stereocenters. The molecule has 0 unspecified atom stereocenters. The topological polar surface area (TPSA) is 76.0 Å². The molecule has 1 aliphatic heterocycles. The number of ether oxygens (including phenoxy) is 2. The van der Waals surface area contributed by atoms with Crippen LogP contribution in [0.15, 0.2) is 42.7 Å². The maximum atomic E-state index is 11.6. The molecule has 0 aliphatic carbocycles. The zero-order chi connectivity index (χ0) is 13.0. The minimum absolute atomic E-state index is 0.115. The second-order valence-corrected chi connectivity index (χ2v) is 3.95. The molecule has 1 heterocycles. The van der Waals surface area contributed by atoms with Gasteiger partial charge in [-0.1, -0.05) is 18.2 Å². The maximum absolute atomic E-state index is 11.6. The van der Waals surface area contributed by atoms with Crippen molar-refractivity contribution in [3.8, 4) is 0 Å². The Balaban J connectivity index is 1.89. The van der Waals surface area contributed by atoms with Gasteiger partial charge in [-0.25, -0.2) is 4.79 Å². The number of aliphatic hydroxyl groups is 2. The van der Waals surface area contributed by atoms with Crippen LogP contribution in [0.4, 0.5) is 0 Å². The highest BCUT2D eigenvalue weighted by Gasteiger charge is 2.30. The zero-order valence-corrected chi connectivity index (χ0v) is 9.60. The second kappa shape index (κ2) is 5.66. The molecule has 5 heteroatoms. The SMILES string of the molecule is O=C(OC[C@H]1OC=C[C@@H](O)[C@H]1O)c1ccccc1. The molecule has 18 heavy (non-hydrogen) atoms. The van der Waals surface area contributed by atoms with Crippen LogP contribution in [0.25, 0.3) is 0 Å². The first-order chi connectivity index (χ1) is 8.68. The van der Waals surface area contributed by atoms with Crippen molar-refractivity contribution in [1.82, 2.24) is 0 Å². The van der Waals surface area contributed by atoms with Crippen molar-refractivity contribution in [2.24, 2.45) is 0 Å². The monoisotopic (exact) mass is 250 g/mol. The Morgan fingerprint density at radius 3 is 2.72 bits per heavy atom. The van der Waals surface area contributed by atoms with Gasteiger partial charge < -0.3 is 19.7 Å². The molecular formula is C13H14O5. The summed E-state index contributed by atoms with van der Waals surface area (Å²) >= 11 is 0. The number of hydrogen-bond donors (Lipinski definition) is 2. The quantitative estimate of drug-likeness (QED) is 0.763. The van der Waals surface area contributed by atoms with Gasteiger partial charge in [-0.05, 0) is 18.2 Å². The first-order valence-corrected chi connectivity index (χ1v) is 5.59. The van der Waals surface area contributed by atoms with E-state index in [1.54, 1.807) is 30.3 Å². The molecule has 0 fully saturated rings. The minimum Gasteiger partial charge on any atom is -0.492 e. The number of carbonyl (C=O) groups is 1. The molecule has 0 spiro atoms. The first-order valence-electron chi connectivity index (χ1n) is 5.59. The summed E-state index contributed by atoms with van der Waals surface area (Å²) in [6.45, 7) is -0.115. The lowest BCUT2D eigenvalue weighted by molar-refractivity contribution is -0.0844. The molecule has 0 aromatic heterocycles. The molecule has 0 saturated heterocycles. The highest BCUT2D eigenvalue weighted by atomic mass is 16.6. The van der Waals surface area contributed by atoms with Gasteiger partial charge in [0.15, 0.2) is 6.10 Å². The van der Waals surface area contributed by atoms with Crippen LogP contribution in [0.2, 0.25) is 0 Å². The predicted molar refractivity (Wildman–Crippen MR) is 62.8 cm³/mol. The molecule has 1 aliphatic rings. The minimum atomic E-state index is -1.10. The van der Waals surface area contributed by atoms with Crippen LogP contribution in [0.5, 0.6) is 0 Å². The van der Waals surface area contributed by atoms with Crippen molar-refractivity contribution >= 4 is 5.97 Å². The summed E-state index contributed by atoms with van der Waals surface area (Å²) in [7, 11) is 0. The van der Waals surface area contributed by atoms with Crippen molar-refractivity contribution in [2.75, 3.05) is 6.61 Å². The average molecular weight is 250 g/mol. The van der Waals surface area contributed by atoms with Crippen LogP contribution in [-0.4, -0.2) is 41.1 Å². The lowest BCUT2D eigenvalue weighted by Crippen LogP contribution is -2.43. The van der Waals surface area contributed by atoms with Crippen LogP contribution in [-0.2, 0) is 9.47 Å². The van der Waals surface area contributed by atoms with E-state index < -0.39 is 24.3 Å². The smallest absolute Gasteiger partial charge is 0.338 e. The summed E-state index contributed by atoms with van der Waals surface area (Å²) in [5.74, 6) is -0.490. The summed E-state index contributed by atoms with van der Waals surface area (Å²) in [4.78, 5) is 11.6. The summed E-state index contributed by atoms with van der Waals surface area (Å²) in [6.07, 6.45) is -0.228. The number of esters is 1. The summed E-state index contributed by atoms with van der Waals surface area (Å²) in [5.41, 5.74) is 0.430. The molecular weight excluding hydrogens is 236 g/mol. The molecule has 0 saturated carbocycles. The Morgan fingerprint density at radius 2 is 2.00 bits per heavy atom. The van der Waals surface area contributed by atoms with Gasteiger partial charge in [-0.15, -0.1) is 0 Å². The summed E-state index contributed by atoms with van der Waals surface area (Å²) < 4.78 is 10.1. The van der Waals surface area contributed by atoms with Gasteiger partial charge in [-0.3, -0.25) is 0 Å². The van der Waals surface area contributed by atoms with E-state index in [1.807, 2.05) is 0 Å². The highest BCUT2D eigenvalue weighted by molar-refractivity contribution is 5.89. The van der Waals surface area contributed by atoms with E-state index >= 15 is 0 Å². The predicted octanol–water partition coefficient (Wildman–Crippen LogP) is 0.478. The van der Waals surface area contributed by atoms with Gasteiger partial charge in [0.25, 0.3) is 0 Å². The Morgan fingerprint density at radius 1 is 1.28 bits per heavy atom. The van der Waals surface area contributed by atoms with Crippen molar-refractivity contribution in [1.29, 1.82) is 0 Å². The van der Waals surface area contributed by atoms with E-state index in [2.05, 4.69) is 0 Å². The molecule has 1 aromatic carbocycles. The van der Waals surface area contributed by atoms with Crippen molar-refractivity contribution in [3.05, 3.63) is 48.2 Å².